The summed E-state index contributed by atoms with van der Waals surface area (Å²) < 4.78 is 0. The lowest BCUT2D eigenvalue weighted by Gasteiger charge is -2.11. The standard InChI is InChI=1S/C4H6O4.C3H4O4.2C2H6/c1-2(3(5)6)4(7)8;4-2(5)1-3(6)7;2*1-2/h2H,1H3,(H,5,6)(H,7,8);1H2,(H,4,5)(H,6,7);2*1-2H3/p-4. The van der Waals surface area contributed by atoms with Gasteiger partial charge in [-0.1, -0.05) is 34.6 Å². The molecule has 0 saturated heterocycles. The predicted octanol–water partition coefficient (Wildman–Crippen LogP) is -3.95. The van der Waals surface area contributed by atoms with Crippen molar-refractivity contribution < 1.29 is 39.6 Å². The highest BCUT2D eigenvalue weighted by Crippen LogP contribution is 1.86. The van der Waals surface area contributed by atoms with Gasteiger partial charge in [-0.2, -0.15) is 0 Å². The van der Waals surface area contributed by atoms with Crippen LogP contribution < -0.4 is 20.4 Å². The Balaban J connectivity index is -0.0000000941. The molecule has 0 amide bonds. The van der Waals surface area contributed by atoms with Crippen LogP contribution in [0.3, 0.4) is 0 Å². The van der Waals surface area contributed by atoms with Crippen LogP contribution in [0.4, 0.5) is 0 Å². The maximum Gasteiger partial charge on any atom is 0.0498 e. The summed E-state index contributed by atoms with van der Waals surface area (Å²) in [5.41, 5.74) is 0. The van der Waals surface area contributed by atoms with Gasteiger partial charge in [0.05, 0.1) is 0 Å². The van der Waals surface area contributed by atoms with Crippen LogP contribution in [0.1, 0.15) is 41.0 Å². The fourth-order valence-electron chi connectivity index (χ4n) is 0.214. The first-order valence-electron chi connectivity index (χ1n) is 5.49. The van der Waals surface area contributed by atoms with Crippen LogP contribution in [0.2, 0.25) is 0 Å². The van der Waals surface area contributed by atoms with E-state index in [0.717, 1.165) is 6.92 Å². The van der Waals surface area contributed by atoms with Gasteiger partial charge in [0, 0.05) is 36.2 Å². The molecular weight excluding hydrogens is 260 g/mol. The summed E-state index contributed by atoms with van der Waals surface area (Å²) in [5, 5.41) is 37.8. The fraction of sp³-hybridized carbons (Fsp3) is 0.636. The third-order valence-electron chi connectivity index (χ3n) is 0.996. The zero-order valence-corrected chi connectivity index (χ0v) is 11.6. The number of carboxylic acid groups (broad SMARTS) is 4. The Morgan fingerprint density at radius 3 is 0.947 bits per heavy atom. The maximum absolute atomic E-state index is 9.61. The molecule has 8 nitrogen and oxygen atoms in total. The third-order valence-corrected chi connectivity index (χ3v) is 0.996. The van der Waals surface area contributed by atoms with E-state index in [2.05, 4.69) is 0 Å². The van der Waals surface area contributed by atoms with Crippen LogP contribution in [0.15, 0.2) is 0 Å². The van der Waals surface area contributed by atoms with E-state index in [4.69, 9.17) is 0 Å². The number of aliphatic carboxylic acids is 4. The summed E-state index contributed by atoms with van der Waals surface area (Å²) >= 11 is 0. The Bertz CT molecular complexity index is 246. The van der Waals surface area contributed by atoms with Gasteiger partial charge in [-0.3, -0.25) is 0 Å². The topological polar surface area (TPSA) is 161 Å². The van der Waals surface area contributed by atoms with E-state index in [1.54, 1.807) is 0 Å². The van der Waals surface area contributed by atoms with Crippen molar-refractivity contribution in [2.45, 2.75) is 41.0 Å². The molecule has 0 spiro atoms. The molecule has 0 radical (unpaired) electrons. The van der Waals surface area contributed by atoms with Gasteiger partial charge >= 0.3 is 0 Å². The minimum Gasteiger partial charge on any atom is -0.550 e. The molecule has 19 heavy (non-hydrogen) atoms. The summed E-state index contributed by atoms with van der Waals surface area (Å²) in [7, 11) is 0. The minimum atomic E-state index is -1.63. The smallest absolute Gasteiger partial charge is 0.0498 e. The van der Waals surface area contributed by atoms with Gasteiger partial charge in [-0.25, -0.2) is 0 Å². The van der Waals surface area contributed by atoms with Crippen molar-refractivity contribution >= 4 is 23.9 Å². The zero-order chi connectivity index (χ0) is 16.6. The lowest BCUT2D eigenvalue weighted by molar-refractivity contribution is -0.331. The van der Waals surface area contributed by atoms with Crippen molar-refractivity contribution in [3.63, 3.8) is 0 Å². The van der Waals surface area contributed by atoms with E-state index >= 15 is 0 Å². The van der Waals surface area contributed by atoms with Crippen molar-refractivity contribution in [3.05, 3.63) is 0 Å². The molecule has 0 aliphatic rings. The van der Waals surface area contributed by atoms with Crippen molar-refractivity contribution in [1.29, 1.82) is 0 Å². The van der Waals surface area contributed by atoms with Crippen molar-refractivity contribution in [2.75, 3.05) is 0 Å². The number of rotatable bonds is 4. The largest absolute Gasteiger partial charge is 0.550 e. The number of carbonyl (C=O) groups is 4. The van der Waals surface area contributed by atoms with Gasteiger partial charge in [0.1, 0.15) is 0 Å². The normalized spacial score (nSPS) is 7.47. The number of carboxylic acids is 4. The van der Waals surface area contributed by atoms with Gasteiger partial charge < -0.3 is 39.6 Å². The van der Waals surface area contributed by atoms with Crippen LogP contribution in [-0.2, 0) is 19.2 Å². The monoisotopic (exact) mass is 278 g/mol. The molecule has 0 heterocycles. The Morgan fingerprint density at radius 1 is 0.737 bits per heavy atom. The number of hydrogen-bond acceptors (Lipinski definition) is 8. The SMILES string of the molecule is CC.CC.CC(C(=O)[O-])C(=O)[O-].O=C([O-])CC(=O)[O-]. The molecule has 114 valence electrons. The second-order valence-corrected chi connectivity index (χ2v) is 2.28. The summed E-state index contributed by atoms with van der Waals surface area (Å²) in [4.78, 5) is 37.8. The lowest BCUT2D eigenvalue weighted by atomic mass is 10.2. The molecular formula is C11H18O8-4. The lowest BCUT2D eigenvalue weighted by Crippen LogP contribution is -2.41. The Labute approximate surface area is 111 Å². The van der Waals surface area contributed by atoms with E-state index in [1.807, 2.05) is 27.7 Å². The Hall–Kier alpha value is -2.12. The van der Waals surface area contributed by atoms with Crippen molar-refractivity contribution in [1.82, 2.24) is 0 Å². The highest BCUT2D eigenvalue weighted by Gasteiger charge is 2.00. The van der Waals surface area contributed by atoms with E-state index in [-0.39, 0.29) is 0 Å². The molecule has 0 unspecified atom stereocenters. The molecule has 0 saturated carbocycles. The van der Waals surface area contributed by atoms with E-state index in [1.165, 1.54) is 0 Å². The average molecular weight is 278 g/mol. The van der Waals surface area contributed by atoms with Gasteiger partial charge in [0.25, 0.3) is 0 Å². The summed E-state index contributed by atoms with van der Waals surface area (Å²) in [6.07, 6.45) is -1.03. The van der Waals surface area contributed by atoms with Crippen LogP contribution in [0, 0.1) is 5.92 Å². The van der Waals surface area contributed by atoms with E-state index < -0.39 is 36.2 Å². The Morgan fingerprint density at radius 2 is 0.947 bits per heavy atom. The molecule has 0 N–H and O–H groups in total. The summed E-state index contributed by atoms with van der Waals surface area (Å²) in [6.45, 7) is 8.99. The fourth-order valence-corrected chi connectivity index (χ4v) is 0.214. The van der Waals surface area contributed by atoms with Crippen molar-refractivity contribution in [3.8, 4) is 0 Å². The minimum absolute atomic E-state index is 0.991. The van der Waals surface area contributed by atoms with Crippen LogP contribution in [-0.4, -0.2) is 23.9 Å². The Kier molecular flexibility index (Phi) is 24.6. The molecule has 0 aromatic carbocycles. The van der Waals surface area contributed by atoms with Crippen LogP contribution in [0.25, 0.3) is 0 Å². The summed E-state index contributed by atoms with van der Waals surface area (Å²) in [5.74, 6) is -8.01. The first-order valence-corrected chi connectivity index (χ1v) is 5.49. The average Bonchev–Trinajstić information content (AvgIpc) is 2.32. The second-order valence-electron chi connectivity index (χ2n) is 2.28. The number of hydrogen-bond donors (Lipinski definition) is 0. The third kappa shape index (κ3) is 31.3. The van der Waals surface area contributed by atoms with Crippen LogP contribution in [0.5, 0.6) is 0 Å². The molecule has 0 aromatic heterocycles. The van der Waals surface area contributed by atoms with Crippen LogP contribution >= 0.6 is 0 Å². The molecule has 0 rings (SSSR count). The maximum atomic E-state index is 9.61. The van der Waals surface area contributed by atoms with Gasteiger partial charge in [0.2, 0.25) is 0 Å². The highest BCUT2D eigenvalue weighted by atomic mass is 16.4. The van der Waals surface area contributed by atoms with E-state index in [0.29, 0.717) is 0 Å². The molecule has 0 bridgehead atoms. The molecule has 8 heteroatoms. The zero-order valence-electron chi connectivity index (χ0n) is 11.6. The van der Waals surface area contributed by atoms with Gasteiger partial charge in [0.15, 0.2) is 0 Å². The van der Waals surface area contributed by atoms with Gasteiger partial charge in [-0.15, -0.1) is 0 Å². The first kappa shape index (κ1) is 25.7. The molecule has 0 aliphatic carbocycles. The van der Waals surface area contributed by atoms with Gasteiger partial charge in [-0.05, 0) is 0 Å². The summed E-state index contributed by atoms with van der Waals surface area (Å²) in [6, 6.07) is 0. The van der Waals surface area contributed by atoms with E-state index in [9.17, 15) is 39.6 Å². The molecule has 0 atom stereocenters. The molecule has 0 fully saturated rings. The highest BCUT2D eigenvalue weighted by molar-refractivity contribution is 5.90. The molecule has 0 aliphatic heterocycles. The number of carbonyl (C=O) groups excluding carboxylic acids is 4. The predicted molar refractivity (Wildman–Crippen MR) is 56.5 cm³/mol. The molecule has 0 aromatic rings. The first-order chi connectivity index (χ1) is 8.68. The van der Waals surface area contributed by atoms with Crippen molar-refractivity contribution in [2.24, 2.45) is 5.92 Å². The quantitative estimate of drug-likeness (QED) is 0.470. The second kappa shape index (κ2) is 18.3.